The van der Waals surface area contributed by atoms with E-state index in [4.69, 9.17) is 15.2 Å². The van der Waals surface area contributed by atoms with Crippen molar-refractivity contribution in [1.29, 1.82) is 5.26 Å². The van der Waals surface area contributed by atoms with E-state index in [1.54, 1.807) is 38.1 Å². The highest BCUT2D eigenvalue weighted by atomic mass is 16.5. The third kappa shape index (κ3) is 3.80. The standard InChI is InChI=1S/C18H19N3O4/c1-4-24-18(23)15-10(2)25-17(20)14(9-19)16(15)12-5-7-13(8-6-12)21-11(3)22/h5-8,16H,4,20H2,1-3H3,(H,21,22). The maximum Gasteiger partial charge on any atom is 0.338 e. The number of carbonyl (C=O) groups is 2. The molecule has 3 N–H and O–H groups in total. The summed E-state index contributed by atoms with van der Waals surface area (Å²) in [7, 11) is 0. The molecule has 0 fully saturated rings. The van der Waals surface area contributed by atoms with E-state index in [2.05, 4.69) is 5.32 Å². The Balaban J connectivity index is 2.50. The second-order valence-corrected chi connectivity index (χ2v) is 5.42. The molecule has 25 heavy (non-hydrogen) atoms. The number of nitrogens with zero attached hydrogens (tertiary/aromatic N) is 1. The van der Waals surface area contributed by atoms with Gasteiger partial charge >= 0.3 is 5.97 Å². The van der Waals surface area contributed by atoms with Crippen molar-refractivity contribution in [3.63, 3.8) is 0 Å². The van der Waals surface area contributed by atoms with Crippen LogP contribution in [0.3, 0.4) is 0 Å². The van der Waals surface area contributed by atoms with Crippen molar-refractivity contribution in [2.24, 2.45) is 5.73 Å². The second kappa shape index (κ2) is 7.53. The summed E-state index contributed by atoms with van der Waals surface area (Å²) in [5.74, 6) is -1.18. The van der Waals surface area contributed by atoms with Crippen LogP contribution in [0.5, 0.6) is 0 Å². The Hall–Kier alpha value is -3.27. The maximum atomic E-state index is 12.4. The molecule has 1 aromatic carbocycles. The second-order valence-electron chi connectivity index (χ2n) is 5.42. The number of nitriles is 1. The molecule has 1 heterocycles. The van der Waals surface area contributed by atoms with Crippen molar-refractivity contribution in [2.45, 2.75) is 26.7 Å². The van der Waals surface area contributed by atoms with Gasteiger partial charge in [0.25, 0.3) is 0 Å². The highest BCUT2D eigenvalue weighted by Gasteiger charge is 2.36. The number of amides is 1. The van der Waals surface area contributed by atoms with E-state index in [1.807, 2.05) is 6.07 Å². The highest BCUT2D eigenvalue weighted by Crippen LogP contribution is 2.39. The van der Waals surface area contributed by atoms with Crippen molar-refractivity contribution >= 4 is 17.6 Å². The van der Waals surface area contributed by atoms with Gasteiger partial charge in [-0.3, -0.25) is 4.79 Å². The smallest absolute Gasteiger partial charge is 0.338 e. The van der Waals surface area contributed by atoms with E-state index in [0.29, 0.717) is 17.0 Å². The van der Waals surface area contributed by atoms with Crippen LogP contribution in [0, 0.1) is 11.3 Å². The van der Waals surface area contributed by atoms with Crippen LogP contribution in [-0.2, 0) is 19.1 Å². The van der Waals surface area contributed by atoms with Gasteiger partial charge in [-0.2, -0.15) is 5.26 Å². The number of nitrogens with two attached hydrogens (primary N) is 1. The molecule has 1 aliphatic rings. The van der Waals surface area contributed by atoms with E-state index in [-0.39, 0.29) is 29.5 Å². The Kier molecular flexibility index (Phi) is 5.45. The molecule has 7 heteroatoms. The van der Waals surface area contributed by atoms with Crippen molar-refractivity contribution in [1.82, 2.24) is 0 Å². The zero-order chi connectivity index (χ0) is 18.6. The lowest BCUT2D eigenvalue weighted by atomic mass is 9.83. The molecule has 1 amide bonds. The SMILES string of the molecule is CCOC(=O)C1=C(C)OC(N)=C(C#N)C1c1ccc(NC(C)=O)cc1. The molecular formula is C18H19N3O4. The van der Waals surface area contributed by atoms with Gasteiger partial charge < -0.3 is 20.5 Å². The zero-order valence-corrected chi connectivity index (χ0v) is 14.3. The molecule has 2 rings (SSSR count). The van der Waals surface area contributed by atoms with Crippen LogP contribution in [0.15, 0.2) is 47.1 Å². The molecule has 0 radical (unpaired) electrons. The van der Waals surface area contributed by atoms with Gasteiger partial charge in [0.05, 0.1) is 18.1 Å². The first-order valence-corrected chi connectivity index (χ1v) is 7.72. The highest BCUT2D eigenvalue weighted by molar-refractivity contribution is 5.93. The molecule has 0 aromatic heterocycles. The topological polar surface area (TPSA) is 114 Å². The molecule has 0 bridgehead atoms. The number of allylic oxidation sites excluding steroid dienone is 2. The molecule has 7 nitrogen and oxygen atoms in total. The summed E-state index contributed by atoms with van der Waals surface area (Å²) in [6.45, 7) is 4.91. The summed E-state index contributed by atoms with van der Waals surface area (Å²) < 4.78 is 10.5. The van der Waals surface area contributed by atoms with Crippen LogP contribution >= 0.6 is 0 Å². The molecule has 1 unspecified atom stereocenters. The summed E-state index contributed by atoms with van der Waals surface area (Å²) in [5, 5.41) is 12.1. The number of nitrogens with one attached hydrogen (secondary N) is 1. The van der Waals surface area contributed by atoms with Crippen molar-refractivity contribution in [2.75, 3.05) is 11.9 Å². The molecule has 1 atom stereocenters. The quantitative estimate of drug-likeness (QED) is 0.812. The molecule has 1 aliphatic heterocycles. The minimum Gasteiger partial charge on any atom is -0.463 e. The maximum absolute atomic E-state index is 12.4. The first kappa shape index (κ1) is 18.1. The normalized spacial score (nSPS) is 16.8. The lowest BCUT2D eigenvalue weighted by Gasteiger charge is -2.26. The van der Waals surface area contributed by atoms with E-state index < -0.39 is 11.9 Å². The predicted molar refractivity (Wildman–Crippen MR) is 90.7 cm³/mol. The van der Waals surface area contributed by atoms with E-state index in [9.17, 15) is 14.9 Å². The largest absolute Gasteiger partial charge is 0.463 e. The van der Waals surface area contributed by atoms with Crippen molar-refractivity contribution < 1.29 is 19.1 Å². The van der Waals surface area contributed by atoms with Crippen LogP contribution in [0.1, 0.15) is 32.3 Å². The molecule has 0 saturated heterocycles. The summed E-state index contributed by atoms with van der Waals surface area (Å²) in [6.07, 6.45) is 0. The van der Waals surface area contributed by atoms with Crippen LogP contribution in [0.25, 0.3) is 0 Å². The Bertz CT molecular complexity index is 801. The van der Waals surface area contributed by atoms with E-state index in [1.165, 1.54) is 6.92 Å². The summed E-state index contributed by atoms with van der Waals surface area (Å²) in [5.41, 5.74) is 7.48. The Labute approximate surface area is 145 Å². The van der Waals surface area contributed by atoms with Crippen LogP contribution in [0.4, 0.5) is 5.69 Å². The first-order chi connectivity index (χ1) is 11.9. The van der Waals surface area contributed by atoms with Crippen LogP contribution < -0.4 is 11.1 Å². The van der Waals surface area contributed by atoms with E-state index in [0.717, 1.165) is 0 Å². The van der Waals surface area contributed by atoms with Gasteiger partial charge in [0.2, 0.25) is 11.8 Å². The van der Waals surface area contributed by atoms with Gasteiger partial charge in [0.15, 0.2) is 0 Å². The molecular weight excluding hydrogens is 322 g/mol. The lowest BCUT2D eigenvalue weighted by molar-refractivity contribution is -0.139. The van der Waals surface area contributed by atoms with Crippen molar-refractivity contribution in [3.8, 4) is 6.07 Å². The first-order valence-electron chi connectivity index (χ1n) is 7.72. The number of benzene rings is 1. The number of anilines is 1. The number of hydrogen-bond donors (Lipinski definition) is 2. The van der Waals surface area contributed by atoms with Gasteiger partial charge in [-0.25, -0.2) is 4.79 Å². The van der Waals surface area contributed by atoms with Gasteiger partial charge in [0, 0.05) is 12.6 Å². The summed E-state index contributed by atoms with van der Waals surface area (Å²) in [4.78, 5) is 23.5. The minimum absolute atomic E-state index is 0.0380. The third-order valence-corrected chi connectivity index (χ3v) is 3.67. The van der Waals surface area contributed by atoms with Gasteiger partial charge in [-0.1, -0.05) is 12.1 Å². The Morgan fingerprint density at radius 1 is 1.36 bits per heavy atom. The number of rotatable bonds is 4. The third-order valence-electron chi connectivity index (χ3n) is 3.67. The monoisotopic (exact) mass is 341 g/mol. The van der Waals surface area contributed by atoms with E-state index >= 15 is 0 Å². The van der Waals surface area contributed by atoms with Gasteiger partial charge in [0.1, 0.15) is 17.4 Å². The molecule has 0 spiro atoms. The Morgan fingerprint density at radius 3 is 2.52 bits per heavy atom. The van der Waals surface area contributed by atoms with Crippen LogP contribution in [-0.4, -0.2) is 18.5 Å². The molecule has 0 saturated carbocycles. The van der Waals surface area contributed by atoms with Gasteiger partial charge in [-0.15, -0.1) is 0 Å². The Morgan fingerprint density at radius 2 is 2.00 bits per heavy atom. The fourth-order valence-electron chi connectivity index (χ4n) is 2.65. The fraction of sp³-hybridized carbons (Fsp3) is 0.278. The minimum atomic E-state index is -0.691. The molecule has 130 valence electrons. The number of ether oxygens (including phenoxy) is 2. The average Bonchev–Trinajstić information content (AvgIpc) is 2.54. The van der Waals surface area contributed by atoms with Crippen LogP contribution in [0.2, 0.25) is 0 Å². The zero-order valence-electron chi connectivity index (χ0n) is 14.3. The lowest BCUT2D eigenvalue weighted by Crippen LogP contribution is -2.25. The molecule has 1 aromatic rings. The summed E-state index contributed by atoms with van der Waals surface area (Å²) in [6, 6.07) is 8.84. The predicted octanol–water partition coefficient (Wildman–Crippen LogP) is 2.29. The fourth-order valence-corrected chi connectivity index (χ4v) is 2.65. The number of hydrogen-bond acceptors (Lipinski definition) is 6. The summed E-state index contributed by atoms with van der Waals surface area (Å²) >= 11 is 0. The molecule has 0 aliphatic carbocycles. The number of carbonyl (C=O) groups excluding carboxylic acids is 2. The van der Waals surface area contributed by atoms with Crippen molar-refractivity contribution in [3.05, 3.63) is 52.6 Å². The average molecular weight is 341 g/mol. The number of esters is 1. The van der Waals surface area contributed by atoms with Gasteiger partial charge in [-0.05, 0) is 31.5 Å².